The molecule has 0 spiro atoms. The predicted molar refractivity (Wildman–Crippen MR) is 86.3 cm³/mol. The number of nitrogens with one attached hydrogen (secondary N) is 2. The Morgan fingerprint density at radius 1 is 1.05 bits per heavy atom. The number of benzene rings is 2. The van der Waals surface area contributed by atoms with Crippen LogP contribution >= 0.6 is 12.2 Å². The molecule has 0 amide bonds. The minimum absolute atomic E-state index is 0.252. The van der Waals surface area contributed by atoms with Crippen LogP contribution in [0.1, 0.15) is 18.1 Å². The quantitative estimate of drug-likeness (QED) is 0.833. The molecule has 0 aromatic heterocycles. The van der Waals surface area contributed by atoms with E-state index in [-0.39, 0.29) is 5.82 Å². The third kappa shape index (κ3) is 2.62. The molecule has 108 valence electrons. The maximum absolute atomic E-state index is 13.1. The lowest BCUT2D eigenvalue weighted by Gasteiger charge is -2.26. The van der Waals surface area contributed by atoms with Gasteiger partial charge >= 0.3 is 0 Å². The number of anilines is 1. The van der Waals surface area contributed by atoms with Gasteiger partial charge in [0.2, 0.25) is 0 Å². The Kier molecular flexibility index (Phi) is 3.39. The highest BCUT2D eigenvalue weighted by Crippen LogP contribution is 2.26. The number of hydrogen-bond acceptors (Lipinski definition) is 2. The maximum Gasteiger partial charge on any atom is 0.190 e. The topological polar surface area (TPSA) is 27.3 Å². The molecule has 0 radical (unpaired) electrons. The first-order chi connectivity index (χ1) is 9.98. The summed E-state index contributed by atoms with van der Waals surface area (Å²) < 4.78 is 13.1. The predicted octanol–water partition coefficient (Wildman–Crippen LogP) is 3.21. The monoisotopic (exact) mass is 301 g/mol. The van der Waals surface area contributed by atoms with Crippen molar-refractivity contribution in [2.75, 3.05) is 5.01 Å². The van der Waals surface area contributed by atoms with E-state index in [1.54, 1.807) is 12.1 Å². The summed E-state index contributed by atoms with van der Waals surface area (Å²) in [6.45, 7) is 4.02. The second-order valence-electron chi connectivity index (χ2n) is 5.34. The molecule has 3 nitrogen and oxygen atoms in total. The summed E-state index contributed by atoms with van der Waals surface area (Å²) in [5, 5.41) is 5.67. The van der Waals surface area contributed by atoms with Gasteiger partial charge < -0.3 is 5.32 Å². The van der Waals surface area contributed by atoms with E-state index in [1.807, 2.05) is 43.1 Å². The maximum atomic E-state index is 13.1. The van der Waals surface area contributed by atoms with Crippen LogP contribution in [0.4, 0.5) is 10.1 Å². The zero-order valence-corrected chi connectivity index (χ0v) is 12.7. The molecule has 0 unspecified atom stereocenters. The highest BCUT2D eigenvalue weighted by Gasteiger charge is 2.38. The van der Waals surface area contributed by atoms with Crippen molar-refractivity contribution in [1.82, 2.24) is 10.7 Å². The van der Waals surface area contributed by atoms with Crippen molar-refractivity contribution in [1.29, 1.82) is 0 Å². The zero-order chi connectivity index (χ0) is 15.0. The molecule has 1 atom stereocenters. The molecule has 1 aliphatic rings. The van der Waals surface area contributed by atoms with Crippen LogP contribution in [0.15, 0.2) is 48.5 Å². The van der Waals surface area contributed by atoms with Gasteiger partial charge in [-0.3, -0.25) is 0 Å². The SMILES string of the molecule is Cc1ccc(N2N[C@@](C)(c3ccc(F)cc3)NC2=S)cc1. The summed E-state index contributed by atoms with van der Waals surface area (Å²) in [6, 6.07) is 14.5. The molecule has 21 heavy (non-hydrogen) atoms. The summed E-state index contributed by atoms with van der Waals surface area (Å²) in [7, 11) is 0. The number of hydrogen-bond donors (Lipinski definition) is 2. The first-order valence-corrected chi connectivity index (χ1v) is 7.11. The molecule has 1 saturated heterocycles. The molecule has 3 rings (SSSR count). The first kappa shape index (κ1) is 14.0. The van der Waals surface area contributed by atoms with Gasteiger partial charge in [-0.2, -0.15) is 5.43 Å². The van der Waals surface area contributed by atoms with E-state index in [4.69, 9.17) is 12.2 Å². The van der Waals surface area contributed by atoms with Crippen LogP contribution in [0.25, 0.3) is 0 Å². The van der Waals surface area contributed by atoms with Crippen LogP contribution in [0.3, 0.4) is 0 Å². The molecule has 1 heterocycles. The average molecular weight is 301 g/mol. The van der Waals surface area contributed by atoms with Crippen LogP contribution in [-0.4, -0.2) is 5.11 Å². The van der Waals surface area contributed by atoms with Crippen molar-refractivity contribution < 1.29 is 4.39 Å². The molecular formula is C16H16FN3S. The van der Waals surface area contributed by atoms with Gasteiger partial charge in [0.05, 0.1) is 5.69 Å². The third-order valence-corrected chi connectivity index (χ3v) is 3.89. The van der Waals surface area contributed by atoms with Crippen LogP contribution in [0.2, 0.25) is 0 Å². The van der Waals surface area contributed by atoms with Crippen LogP contribution in [-0.2, 0) is 5.66 Å². The highest BCUT2D eigenvalue weighted by atomic mass is 32.1. The number of rotatable bonds is 2. The van der Waals surface area contributed by atoms with Crippen molar-refractivity contribution in [3.05, 3.63) is 65.5 Å². The van der Waals surface area contributed by atoms with E-state index in [9.17, 15) is 4.39 Å². The first-order valence-electron chi connectivity index (χ1n) is 6.71. The average Bonchev–Trinajstić information content (AvgIpc) is 2.77. The number of aryl methyl sites for hydroxylation is 1. The molecule has 1 fully saturated rings. The minimum atomic E-state index is -0.560. The van der Waals surface area contributed by atoms with Crippen molar-refractivity contribution in [2.45, 2.75) is 19.5 Å². The summed E-state index contributed by atoms with van der Waals surface area (Å²) >= 11 is 5.41. The number of thiocarbonyl (C=S) groups is 1. The molecule has 5 heteroatoms. The summed E-state index contributed by atoms with van der Waals surface area (Å²) in [5.74, 6) is -0.252. The third-order valence-electron chi connectivity index (χ3n) is 3.61. The number of nitrogens with zero attached hydrogens (tertiary/aromatic N) is 1. The summed E-state index contributed by atoms with van der Waals surface area (Å²) in [6.07, 6.45) is 0. The fourth-order valence-corrected chi connectivity index (χ4v) is 2.72. The van der Waals surface area contributed by atoms with E-state index >= 15 is 0 Å². The van der Waals surface area contributed by atoms with Gasteiger partial charge in [-0.05, 0) is 55.9 Å². The van der Waals surface area contributed by atoms with Crippen molar-refractivity contribution >= 4 is 23.0 Å². The number of halogens is 1. The molecule has 2 aromatic carbocycles. The van der Waals surface area contributed by atoms with Crippen molar-refractivity contribution in [3.8, 4) is 0 Å². The molecule has 2 N–H and O–H groups in total. The Morgan fingerprint density at radius 2 is 1.67 bits per heavy atom. The van der Waals surface area contributed by atoms with Gasteiger partial charge in [-0.1, -0.05) is 29.8 Å². The smallest absolute Gasteiger partial charge is 0.190 e. The highest BCUT2D eigenvalue weighted by molar-refractivity contribution is 7.80. The fourth-order valence-electron chi connectivity index (χ4n) is 2.37. The second kappa shape index (κ2) is 5.09. The Morgan fingerprint density at radius 3 is 2.29 bits per heavy atom. The van der Waals surface area contributed by atoms with Gasteiger partial charge in [0.1, 0.15) is 11.5 Å². The van der Waals surface area contributed by atoms with Gasteiger partial charge in [-0.15, -0.1) is 0 Å². The van der Waals surface area contributed by atoms with E-state index in [0.717, 1.165) is 11.3 Å². The minimum Gasteiger partial charge on any atom is -0.338 e. The fraction of sp³-hybridized carbons (Fsp3) is 0.188. The van der Waals surface area contributed by atoms with E-state index in [1.165, 1.54) is 17.7 Å². The molecule has 2 aromatic rings. The summed E-state index contributed by atoms with van der Waals surface area (Å²) in [4.78, 5) is 0. The lowest BCUT2D eigenvalue weighted by atomic mass is 10.0. The van der Waals surface area contributed by atoms with Gasteiger partial charge in [0.25, 0.3) is 0 Å². The standard InChI is InChI=1S/C16H16FN3S/c1-11-3-9-14(10-4-11)20-15(21)18-16(2,19-20)12-5-7-13(17)8-6-12/h3-10,19H,1-2H3,(H,18,21)/t16-/m0/s1. The Hall–Kier alpha value is -1.98. The molecule has 1 aliphatic heterocycles. The van der Waals surface area contributed by atoms with Crippen molar-refractivity contribution in [3.63, 3.8) is 0 Å². The largest absolute Gasteiger partial charge is 0.338 e. The molecule has 0 saturated carbocycles. The Labute approximate surface area is 128 Å². The second-order valence-corrected chi connectivity index (χ2v) is 5.73. The Balaban J connectivity index is 1.89. The van der Waals surface area contributed by atoms with E-state index in [0.29, 0.717) is 5.11 Å². The lowest BCUT2D eigenvalue weighted by molar-refractivity contribution is 0.389. The van der Waals surface area contributed by atoms with E-state index < -0.39 is 5.66 Å². The number of hydrazine groups is 1. The lowest BCUT2D eigenvalue weighted by Crippen LogP contribution is -2.45. The molecular weight excluding hydrogens is 285 g/mol. The van der Waals surface area contributed by atoms with Gasteiger partial charge in [0, 0.05) is 0 Å². The van der Waals surface area contributed by atoms with Crippen LogP contribution < -0.4 is 15.8 Å². The van der Waals surface area contributed by atoms with E-state index in [2.05, 4.69) is 10.7 Å². The Bertz CT molecular complexity index is 669. The van der Waals surface area contributed by atoms with Crippen LogP contribution in [0.5, 0.6) is 0 Å². The molecule has 0 aliphatic carbocycles. The zero-order valence-electron chi connectivity index (χ0n) is 11.9. The normalized spacial score (nSPS) is 21.5. The summed E-state index contributed by atoms with van der Waals surface area (Å²) in [5.41, 5.74) is 5.86. The van der Waals surface area contributed by atoms with Gasteiger partial charge in [0.15, 0.2) is 5.11 Å². The van der Waals surface area contributed by atoms with Crippen LogP contribution in [0, 0.1) is 12.7 Å². The van der Waals surface area contributed by atoms with Crippen molar-refractivity contribution in [2.24, 2.45) is 0 Å². The van der Waals surface area contributed by atoms with Gasteiger partial charge in [-0.25, -0.2) is 9.40 Å². The molecule has 0 bridgehead atoms.